The summed E-state index contributed by atoms with van der Waals surface area (Å²) in [6, 6.07) is 0. The summed E-state index contributed by atoms with van der Waals surface area (Å²) >= 11 is 0. The first-order chi connectivity index (χ1) is 8.38. The quantitative estimate of drug-likeness (QED) is 0.525. The van der Waals surface area contributed by atoms with Gasteiger partial charge < -0.3 is 14.6 Å². The number of rotatable bonds is 8. The van der Waals surface area contributed by atoms with E-state index < -0.39 is 30.1 Å². The third-order valence-corrected chi connectivity index (χ3v) is 2.27. The Bertz CT molecular complexity index is 299. The van der Waals surface area contributed by atoms with Crippen LogP contribution in [0.3, 0.4) is 0 Å². The highest BCUT2D eigenvalue weighted by molar-refractivity contribution is 5.82. The van der Waals surface area contributed by atoms with Crippen molar-refractivity contribution in [1.29, 1.82) is 0 Å². The van der Waals surface area contributed by atoms with Crippen molar-refractivity contribution in [2.24, 2.45) is 0 Å². The first-order valence-electron chi connectivity index (χ1n) is 6.01. The molecule has 0 radical (unpaired) electrons. The van der Waals surface area contributed by atoms with Gasteiger partial charge in [0, 0.05) is 6.42 Å². The maximum atomic E-state index is 11.4. The first-order valence-corrected chi connectivity index (χ1v) is 6.01. The van der Waals surface area contributed by atoms with Crippen LogP contribution in [0.5, 0.6) is 0 Å². The number of carbonyl (C=O) groups excluding carboxylic acids is 2. The van der Waals surface area contributed by atoms with Gasteiger partial charge in [0.1, 0.15) is 0 Å². The van der Waals surface area contributed by atoms with E-state index in [1.807, 2.05) is 6.92 Å². The number of unbranched alkanes of at least 4 members (excludes halogenated alkanes) is 2. The molecule has 6 heteroatoms. The van der Waals surface area contributed by atoms with Gasteiger partial charge in [-0.2, -0.15) is 0 Å². The number of esters is 2. The fourth-order valence-electron chi connectivity index (χ4n) is 1.14. The fraction of sp³-hybridized carbons (Fsp3) is 0.750. The van der Waals surface area contributed by atoms with E-state index in [1.54, 1.807) is 0 Å². The number of ether oxygens (including phenoxy) is 2. The lowest BCUT2D eigenvalue weighted by Gasteiger charge is -2.14. The second-order valence-corrected chi connectivity index (χ2v) is 4.01. The minimum absolute atomic E-state index is 0.250. The molecule has 0 saturated carbocycles. The van der Waals surface area contributed by atoms with Gasteiger partial charge in [0.15, 0.2) is 12.2 Å². The molecular weight excluding hydrogens is 240 g/mol. The van der Waals surface area contributed by atoms with Crippen LogP contribution < -0.4 is 0 Å². The van der Waals surface area contributed by atoms with E-state index in [0.717, 1.165) is 12.8 Å². The van der Waals surface area contributed by atoms with Gasteiger partial charge in [-0.25, -0.2) is 9.59 Å². The molecule has 0 bridgehead atoms. The third-order valence-electron chi connectivity index (χ3n) is 2.27. The maximum Gasteiger partial charge on any atom is 0.347 e. The largest absolute Gasteiger partial charge is 0.479 e. The summed E-state index contributed by atoms with van der Waals surface area (Å²) in [5.74, 6) is -2.57. The molecule has 0 aromatic heterocycles. The van der Waals surface area contributed by atoms with Crippen molar-refractivity contribution in [3.8, 4) is 0 Å². The monoisotopic (exact) mass is 260 g/mol. The molecule has 0 aliphatic rings. The summed E-state index contributed by atoms with van der Waals surface area (Å²) in [5, 5.41) is 8.55. The van der Waals surface area contributed by atoms with Gasteiger partial charge in [0.05, 0.1) is 0 Å². The van der Waals surface area contributed by atoms with Crippen molar-refractivity contribution < 1.29 is 29.0 Å². The molecule has 2 atom stereocenters. The molecule has 6 nitrogen and oxygen atoms in total. The lowest BCUT2D eigenvalue weighted by molar-refractivity contribution is -0.174. The highest BCUT2D eigenvalue weighted by Crippen LogP contribution is 2.05. The van der Waals surface area contributed by atoms with Crippen LogP contribution in [-0.4, -0.2) is 35.2 Å². The minimum atomic E-state index is -1.25. The van der Waals surface area contributed by atoms with Gasteiger partial charge in [-0.15, -0.1) is 0 Å². The zero-order valence-electron chi connectivity index (χ0n) is 11.0. The minimum Gasteiger partial charge on any atom is -0.479 e. The molecular formula is C12H20O6. The standard InChI is InChI=1S/C12H20O6/c1-4-5-6-7-10(13)17-9(3)12(16)18-8(2)11(14)15/h8-9H,4-7H2,1-3H3,(H,14,15). The molecule has 0 spiro atoms. The Hall–Kier alpha value is -1.59. The van der Waals surface area contributed by atoms with Crippen LogP contribution in [0.1, 0.15) is 46.5 Å². The second kappa shape index (κ2) is 8.49. The highest BCUT2D eigenvalue weighted by atomic mass is 16.6. The third kappa shape index (κ3) is 6.88. The van der Waals surface area contributed by atoms with Crippen LogP contribution in [0.4, 0.5) is 0 Å². The summed E-state index contributed by atoms with van der Waals surface area (Å²) in [4.78, 5) is 33.1. The molecule has 0 aliphatic heterocycles. The maximum absolute atomic E-state index is 11.4. The Labute approximate surface area is 106 Å². The van der Waals surface area contributed by atoms with Crippen molar-refractivity contribution in [1.82, 2.24) is 0 Å². The summed E-state index contributed by atoms with van der Waals surface area (Å²) < 4.78 is 9.42. The Balaban J connectivity index is 4.00. The van der Waals surface area contributed by atoms with Crippen molar-refractivity contribution in [3.05, 3.63) is 0 Å². The molecule has 1 N–H and O–H groups in total. The van der Waals surface area contributed by atoms with Crippen molar-refractivity contribution in [2.45, 2.75) is 58.7 Å². The molecule has 0 fully saturated rings. The Morgan fingerprint density at radius 2 is 1.67 bits per heavy atom. The highest BCUT2D eigenvalue weighted by Gasteiger charge is 2.23. The van der Waals surface area contributed by atoms with Gasteiger partial charge in [-0.1, -0.05) is 19.8 Å². The van der Waals surface area contributed by atoms with E-state index in [0.29, 0.717) is 6.42 Å². The number of hydrogen-bond acceptors (Lipinski definition) is 5. The number of carbonyl (C=O) groups is 3. The number of carboxylic acids is 1. The molecule has 0 aliphatic carbocycles. The summed E-state index contributed by atoms with van der Waals surface area (Å²) in [6.45, 7) is 4.60. The van der Waals surface area contributed by atoms with Crippen LogP contribution in [0, 0.1) is 0 Å². The van der Waals surface area contributed by atoms with E-state index in [2.05, 4.69) is 4.74 Å². The van der Waals surface area contributed by atoms with Gasteiger partial charge in [-0.05, 0) is 20.3 Å². The normalized spacial score (nSPS) is 13.5. The SMILES string of the molecule is CCCCCC(=O)OC(C)C(=O)OC(C)C(=O)O. The molecule has 0 aromatic carbocycles. The zero-order chi connectivity index (χ0) is 14.1. The first kappa shape index (κ1) is 16.4. The van der Waals surface area contributed by atoms with Crippen LogP contribution in [0.15, 0.2) is 0 Å². The number of hydrogen-bond donors (Lipinski definition) is 1. The molecule has 18 heavy (non-hydrogen) atoms. The van der Waals surface area contributed by atoms with Crippen LogP contribution in [0.2, 0.25) is 0 Å². The molecule has 0 saturated heterocycles. The lowest BCUT2D eigenvalue weighted by Crippen LogP contribution is -2.32. The zero-order valence-corrected chi connectivity index (χ0v) is 11.0. The van der Waals surface area contributed by atoms with E-state index >= 15 is 0 Å². The molecule has 104 valence electrons. The summed E-state index contributed by atoms with van der Waals surface area (Å²) in [5.41, 5.74) is 0. The van der Waals surface area contributed by atoms with Crippen molar-refractivity contribution >= 4 is 17.9 Å². The van der Waals surface area contributed by atoms with Crippen molar-refractivity contribution in [2.75, 3.05) is 0 Å². The van der Waals surface area contributed by atoms with Gasteiger partial charge in [-0.3, -0.25) is 4.79 Å². The average Bonchev–Trinajstić information content (AvgIpc) is 2.28. The van der Waals surface area contributed by atoms with E-state index in [4.69, 9.17) is 9.84 Å². The van der Waals surface area contributed by atoms with E-state index in [9.17, 15) is 14.4 Å². The predicted molar refractivity (Wildman–Crippen MR) is 62.9 cm³/mol. The van der Waals surface area contributed by atoms with Gasteiger partial charge >= 0.3 is 17.9 Å². The smallest absolute Gasteiger partial charge is 0.347 e. The second-order valence-electron chi connectivity index (χ2n) is 4.01. The van der Waals surface area contributed by atoms with Crippen molar-refractivity contribution in [3.63, 3.8) is 0 Å². The lowest BCUT2D eigenvalue weighted by atomic mass is 10.2. The van der Waals surface area contributed by atoms with Crippen LogP contribution >= 0.6 is 0 Å². The Morgan fingerprint density at radius 3 is 2.17 bits per heavy atom. The number of carboxylic acid groups (broad SMARTS) is 1. The Morgan fingerprint density at radius 1 is 1.06 bits per heavy atom. The topological polar surface area (TPSA) is 89.9 Å². The molecule has 2 unspecified atom stereocenters. The Kier molecular flexibility index (Phi) is 7.74. The molecule has 0 aromatic rings. The van der Waals surface area contributed by atoms with E-state index in [1.165, 1.54) is 13.8 Å². The van der Waals surface area contributed by atoms with Crippen LogP contribution in [0.25, 0.3) is 0 Å². The van der Waals surface area contributed by atoms with Gasteiger partial charge in [0.25, 0.3) is 0 Å². The molecule has 0 heterocycles. The van der Waals surface area contributed by atoms with E-state index in [-0.39, 0.29) is 6.42 Å². The van der Waals surface area contributed by atoms with Crippen LogP contribution in [-0.2, 0) is 23.9 Å². The summed E-state index contributed by atoms with van der Waals surface area (Å²) in [7, 11) is 0. The average molecular weight is 260 g/mol. The molecule has 0 amide bonds. The van der Waals surface area contributed by atoms with Gasteiger partial charge in [0.2, 0.25) is 0 Å². The molecule has 0 rings (SSSR count). The predicted octanol–water partition coefficient (Wildman–Crippen LogP) is 1.51. The number of aliphatic carboxylic acids is 1. The fourth-order valence-corrected chi connectivity index (χ4v) is 1.14. The summed E-state index contributed by atoms with van der Waals surface area (Å²) in [6.07, 6.45) is 0.535.